The van der Waals surface area contributed by atoms with Gasteiger partial charge in [0.25, 0.3) is 0 Å². The number of aromatic amines is 1. The number of phenols is 4. The Hall–Kier alpha value is -5.24. The van der Waals surface area contributed by atoms with Gasteiger partial charge in [0.1, 0.15) is 28.7 Å². The first-order valence-electron chi connectivity index (χ1n) is 13.8. The Morgan fingerprint density at radius 2 is 1.19 bits per heavy atom. The topological polar surface area (TPSA) is 140 Å². The first kappa shape index (κ1) is 29.3. The third kappa shape index (κ3) is 5.28. The van der Waals surface area contributed by atoms with Crippen LogP contribution in [0.3, 0.4) is 0 Å². The monoisotopic (exact) mass is 579 g/mol. The van der Waals surface area contributed by atoms with Crippen LogP contribution in [-0.2, 0) is 12.8 Å². The minimum absolute atomic E-state index is 0.0222. The highest BCUT2D eigenvalue weighted by Gasteiger charge is 2.24. The summed E-state index contributed by atoms with van der Waals surface area (Å²) in [5, 5.41) is 44.8. The Morgan fingerprint density at radius 3 is 1.70 bits per heavy atom. The number of rotatable bonds is 8. The number of Topliss-reactive ketones (excluding diaryl/α,β-unsaturated/α-hetero) is 2. The van der Waals surface area contributed by atoms with Crippen LogP contribution in [0.4, 0.5) is 0 Å². The van der Waals surface area contributed by atoms with Crippen LogP contribution in [0.1, 0.15) is 68.1 Å². The Kier molecular flexibility index (Phi) is 7.63. The second-order valence-corrected chi connectivity index (χ2v) is 10.9. The van der Waals surface area contributed by atoms with E-state index in [1.807, 2.05) is 42.5 Å². The summed E-state index contributed by atoms with van der Waals surface area (Å²) in [4.78, 5) is 27.9. The predicted molar refractivity (Wildman–Crippen MR) is 165 cm³/mol. The smallest absolute Gasteiger partial charge is 0.163 e. The lowest BCUT2D eigenvalue weighted by Gasteiger charge is -2.15. The van der Waals surface area contributed by atoms with Gasteiger partial charge in [0.15, 0.2) is 11.6 Å². The van der Waals surface area contributed by atoms with Crippen molar-refractivity contribution in [2.24, 2.45) is 0 Å². The van der Waals surface area contributed by atoms with Crippen LogP contribution in [0.25, 0.3) is 22.0 Å². The fourth-order valence-electron chi connectivity index (χ4n) is 5.58. The second-order valence-electron chi connectivity index (χ2n) is 10.9. The van der Waals surface area contributed by atoms with Gasteiger partial charge in [-0.15, -0.1) is 0 Å². The Labute approximate surface area is 248 Å². The van der Waals surface area contributed by atoms with E-state index in [1.165, 1.54) is 26.0 Å². The van der Waals surface area contributed by atoms with E-state index in [4.69, 9.17) is 4.74 Å². The maximum Gasteiger partial charge on any atom is 0.163 e. The number of benzene rings is 4. The summed E-state index contributed by atoms with van der Waals surface area (Å²) in [5.74, 6) is -0.806. The van der Waals surface area contributed by atoms with Crippen molar-refractivity contribution < 1.29 is 34.8 Å². The molecule has 0 unspecified atom stereocenters. The van der Waals surface area contributed by atoms with E-state index in [1.54, 1.807) is 21.0 Å². The van der Waals surface area contributed by atoms with Crippen LogP contribution in [0.5, 0.6) is 28.7 Å². The fraction of sp³-hybridized carbons (Fsp3) is 0.200. The van der Waals surface area contributed by atoms with Crippen molar-refractivity contribution in [3.63, 3.8) is 0 Å². The van der Waals surface area contributed by atoms with Crippen LogP contribution in [0.15, 0.2) is 54.6 Å². The third-order valence-electron chi connectivity index (χ3n) is 8.01. The third-order valence-corrected chi connectivity index (χ3v) is 8.01. The zero-order chi connectivity index (χ0) is 31.2. The summed E-state index contributed by atoms with van der Waals surface area (Å²) < 4.78 is 5.28. The van der Waals surface area contributed by atoms with Crippen LogP contribution in [0, 0.1) is 13.8 Å². The summed E-state index contributed by atoms with van der Waals surface area (Å²) in [6, 6.07) is 16.4. The molecule has 0 aliphatic carbocycles. The Bertz CT molecular complexity index is 1920. The zero-order valence-corrected chi connectivity index (χ0v) is 24.6. The number of phenolic OH excluding ortho intramolecular Hbond substituents is 4. The molecule has 0 aliphatic rings. The summed E-state index contributed by atoms with van der Waals surface area (Å²) in [6.07, 6.45) is 0.0676. The molecule has 0 saturated carbocycles. The number of aromatic hydroxyl groups is 4. The number of aromatic nitrogens is 1. The number of hydrogen-bond acceptors (Lipinski definition) is 7. The number of ether oxygens (including phenoxy) is 1. The molecular weight excluding hydrogens is 546 g/mol. The average Bonchev–Trinajstić information content (AvgIpc) is 3.32. The number of methoxy groups -OCH3 is 1. The normalized spacial score (nSPS) is 11.2. The zero-order valence-electron chi connectivity index (χ0n) is 24.6. The van der Waals surface area contributed by atoms with Crippen molar-refractivity contribution in [2.75, 3.05) is 7.11 Å². The van der Waals surface area contributed by atoms with Gasteiger partial charge in [-0.2, -0.15) is 0 Å². The number of nitrogens with one attached hydrogen (secondary N) is 1. The number of fused-ring (bicyclic) bond motifs is 1. The molecule has 5 rings (SSSR count). The van der Waals surface area contributed by atoms with Crippen molar-refractivity contribution in [1.82, 2.24) is 4.98 Å². The maximum absolute atomic E-state index is 12.3. The van der Waals surface area contributed by atoms with E-state index in [0.717, 1.165) is 27.8 Å². The van der Waals surface area contributed by atoms with E-state index in [2.05, 4.69) is 4.98 Å². The molecule has 0 fully saturated rings. The molecule has 1 aromatic heterocycles. The minimum atomic E-state index is -0.339. The summed E-state index contributed by atoms with van der Waals surface area (Å²) in [7, 11) is 1.61. The van der Waals surface area contributed by atoms with Crippen LogP contribution in [0.2, 0.25) is 0 Å². The number of carbonyl (C=O) groups is 2. The van der Waals surface area contributed by atoms with Crippen molar-refractivity contribution in [3.05, 3.63) is 99.2 Å². The molecule has 43 heavy (non-hydrogen) atoms. The number of ketones is 2. The van der Waals surface area contributed by atoms with Crippen molar-refractivity contribution >= 4 is 22.5 Å². The highest BCUT2D eigenvalue weighted by atomic mass is 16.5. The van der Waals surface area contributed by atoms with E-state index >= 15 is 0 Å². The summed E-state index contributed by atoms with van der Waals surface area (Å²) in [6.45, 7) is 6.02. The van der Waals surface area contributed by atoms with Gasteiger partial charge in [0.05, 0.1) is 18.2 Å². The number of hydrogen-bond donors (Lipinski definition) is 5. The molecule has 0 radical (unpaired) electrons. The molecule has 4 aromatic carbocycles. The maximum atomic E-state index is 12.3. The molecule has 0 aliphatic heterocycles. The number of carbonyl (C=O) groups excluding carboxylic acids is 2. The lowest BCUT2D eigenvalue weighted by atomic mass is 9.92. The summed E-state index contributed by atoms with van der Waals surface area (Å²) >= 11 is 0. The Morgan fingerprint density at radius 1 is 0.674 bits per heavy atom. The van der Waals surface area contributed by atoms with Gasteiger partial charge < -0.3 is 30.1 Å². The SMILES string of the molecule is COc1ccc(-c2ccc3c(Cc4c(O)c(C)cc(C(C)=O)c4O)c(Cc4c(O)c(C)cc(C(C)=O)c4O)[nH]c3c2)cc1. The second kappa shape index (κ2) is 11.2. The lowest BCUT2D eigenvalue weighted by Crippen LogP contribution is -2.03. The van der Waals surface area contributed by atoms with Crippen molar-refractivity contribution in [2.45, 2.75) is 40.5 Å². The molecule has 220 valence electrons. The molecular formula is C35H33NO7. The van der Waals surface area contributed by atoms with E-state index in [0.29, 0.717) is 22.4 Å². The molecule has 0 atom stereocenters. The molecule has 5 N–H and O–H groups in total. The van der Waals surface area contributed by atoms with Crippen molar-refractivity contribution in [3.8, 4) is 39.9 Å². The predicted octanol–water partition coefficient (Wildman–Crippen LogP) is 6.87. The Balaban J connectivity index is 1.72. The van der Waals surface area contributed by atoms with Gasteiger partial charge in [0, 0.05) is 40.6 Å². The lowest BCUT2D eigenvalue weighted by molar-refractivity contribution is 0.100. The van der Waals surface area contributed by atoms with Crippen molar-refractivity contribution in [1.29, 1.82) is 0 Å². The molecule has 8 nitrogen and oxygen atoms in total. The fourth-order valence-corrected chi connectivity index (χ4v) is 5.58. The molecule has 8 heteroatoms. The van der Waals surface area contributed by atoms with Gasteiger partial charge in [-0.1, -0.05) is 24.3 Å². The largest absolute Gasteiger partial charge is 0.507 e. The molecule has 0 bridgehead atoms. The standard InChI is InChI=1S/C35H33NO7/c1-17-12-25(19(3)37)34(41)28(32(17)39)15-27-24-11-8-22(21-6-9-23(43-5)10-7-21)14-30(24)36-31(27)16-29-33(40)18(2)13-26(20(4)38)35(29)42/h6-14,36,39-42H,15-16H2,1-5H3. The summed E-state index contributed by atoms with van der Waals surface area (Å²) in [5.41, 5.74) is 5.37. The molecule has 0 spiro atoms. The minimum Gasteiger partial charge on any atom is -0.507 e. The van der Waals surface area contributed by atoms with Gasteiger partial charge in [0.2, 0.25) is 0 Å². The first-order chi connectivity index (χ1) is 20.4. The highest BCUT2D eigenvalue weighted by molar-refractivity contribution is 5.99. The average molecular weight is 580 g/mol. The van der Waals surface area contributed by atoms with Crippen LogP contribution < -0.4 is 4.74 Å². The van der Waals surface area contributed by atoms with Gasteiger partial charge in [-0.25, -0.2) is 0 Å². The van der Waals surface area contributed by atoms with Gasteiger partial charge >= 0.3 is 0 Å². The van der Waals surface area contributed by atoms with Crippen LogP contribution in [-0.4, -0.2) is 44.1 Å². The van der Waals surface area contributed by atoms with Gasteiger partial charge in [-0.3, -0.25) is 9.59 Å². The molecule has 0 saturated heterocycles. The molecule has 1 heterocycles. The van der Waals surface area contributed by atoms with E-state index in [-0.39, 0.29) is 69.7 Å². The van der Waals surface area contributed by atoms with E-state index < -0.39 is 0 Å². The molecule has 5 aromatic rings. The highest BCUT2D eigenvalue weighted by Crippen LogP contribution is 2.41. The van der Waals surface area contributed by atoms with Crippen LogP contribution >= 0.6 is 0 Å². The number of aryl methyl sites for hydroxylation is 2. The quantitative estimate of drug-likeness (QED) is 0.126. The van der Waals surface area contributed by atoms with E-state index in [9.17, 15) is 30.0 Å². The van der Waals surface area contributed by atoms with Gasteiger partial charge in [-0.05, 0) is 85.8 Å². The molecule has 0 amide bonds. The number of H-pyrrole nitrogens is 1. The first-order valence-corrected chi connectivity index (χ1v) is 13.8.